The fourth-order valence-corrected chi connectivity index (χ4v) is 2.54. The van der Waals surface area contributed by atoms with Gasteiger partial charge >= 0.3 is 5.97 Å². The molecule has 2 aliphatic heterocycles. The highest BCUT2D eigenvalue weighted by Gasteiger charge is 2.30. The molecule has 2 rings (SSSR count). The lowest BCUT2D eigenvalue weighted by atomic mass is 10.0. The summed E-state index contributed by atoms with van der Waals surface area (Å²) in [7, 11) is 0. The number of carboxylic acids is 1. The Morgan fingerprint density at radius 3 is 2.87 bits per heavy atom. The first-order valence-corrected chi connectivity index (χ1v) is 5.86. The van der Waals surface area contributed by atoms with Gasteiger partial charge in [0.2, 0.25) is 0 Å². The lowest BCUT2D eigenvalue weighted by Crippen LogP contribution is -2.47. The van der Waals surface area contributed by atoms with E-state index in [1.54, 1.807) is 0 Å². The molecule has 86 valence electrons. The molecular weight excluding hydrogens is 194 g/mol. The lowest BCUT2D eigenvalue weighted by Gasteiger charge is -2.34. The maximum atomic E-state index is 11.1. The van der Waals surface area contributed by atoms with Crippen molar-refractivity contribution in [1.29, 1.82) is 0 Å². The minimum absolute atomic E-state index is 0.268. The second-order valence-electron chi connectivity index (χ2n) is 4.48. The smallest absolute Gasteiger partial charge is 0.320 e. The Labute approximate surface area is 90.2 Å². The van der Waals surface area contributed by atoms with E-state index >= 15 is 0 Å². The number of nitrogens with zero attached hydrogens (tertiary/aromatic N) is 1. The third kappa shape index (κ3) is 2.69. The summed E-state index contributed by atoms with van der Waals surface area (Å²) >= 11 is 0. The van der Waals surface area contributed by atoms with Crippen LogP contribution in [0.5, 0.6) is 0 Å². The number of carboxylic acid groups (broad SMARTS) is 1. The SMILES string of the molecule is O=C(O)C1CCCCN1CC1CCCO1. The number of carbonyl (C=O) groups is 1. The molecule has 2 unspecified atom stereocenters. The zero-order valence-electron chi connectivity index (χ0n) is 9.02. The molecule has 0 aromatic rings. The van der Waals surface area contributed by atoms with E-state index in [1.807, 2.05) is 0 Å². The molecule has 0 bridgehead atoms. The molecule has 1 N–H and O–H groups in total. The Bertz CT molecular complexity index is 226. The molecule has 2 heterocycles. The van der Waals surface area contributed by atoms with Crippen LogP contribution in [0.2, 0.25) is 0 Å². The van der Waals surface area contributed by atoms with Crippen molar-refractivity contribution >= 4 is 5.97 Å². The van der Waals surface area contributed by atoms with E-state index in [1.165, 1.54) is 0 Å². The predicted molar refractivity (Wildman–Crippen MR) is 55.8 cm³/mol. The Hall–Kier alpha value is -0.610. The van der Waals surface area contributed by atoms with Crippen LogP contribution in [-0.2, 0) is 9.53 Å². The van der Waals surface area contributed by atoms with Crippen LogP contribution in [0.25, 0.3) is 0 Å². The summed E-state index contributed by atoms with van der Waals surface area (Å²) in [6.07, 6.45) is 5.43. The first-order valence-electron chi connectivity index (χ1n) is 5.86. The monoisotopic (exact) mass is 213 g/mol. The highest BCUT2D eigenvalue weighted by Crippen LogP contribution is 2.21. The van der Waals surface area contributed by atoms with Crippen LogP contribution >= 0.6 is 0 Å². The summed E-state index contributed by atoms with van der Waals surface area (Å²) in [5.74, 6) is -0.673. The van der Waals surface area contributed by atoms with Gasteiger partial charge in [-0.25, -0.2) is 0 Å². The van der Waals surface area contributed by atoms with Crippen molar-refractivity contribution in [1.82, 2.24) is 4.90 Å². The van der Waals surface area contributed by atoms with Gasteiger partial charge < -0.3 is 9.84 Å². The van der Waals surface area contributed by atoms with Crippen molar-refractivity contribution in [2.75, 3.05) is 19.7 Å². The van der Waals surface area contributed by atoms with E-state index in [-0.39, 0.29) is 12.1 Å². The number of hydrogen-bond acceptors (Lipinski definition) is 3. The zero-order valence-corrected chi connectivity index (χ0v) is 9.02. The Balaban J connectivity index is 1.89. The maximum absolute atomic E-state index is 11.1. The number of likely N-dealkylation sites (tertiary alicyclic amines) is 1. The second-order valence-corrected chi connectivity index (χ2v) is 4.48. The minimum Gasteiger partial charge on any atom is -0.480 e. The molecule has 4 nitrogen and oxygen atoms in total. The maximum Gasteiger partial charge on any atom is 0.320 e. The second kappa shape index (κ2) is 4.94. The number of ether oxygens (including phenoxy) is 1. The summed E-state index contributed by atoms with van der Waals surface area (Å²) in [6.45, 7) is 2.56. The Morgan fingerprint density at radius 2 is 2.20 bits per heavy atom. The van der Waals surface area contributed by atoms with Crippen LogP contribution in [-0.4, -0.2) is 47.8 Å². The van der Waals surface area contributed by atoms with Crippen molar-refractivity contribution in [3.8, 4) is 0 Å². The van der Waals surface area contributed by atoms with Gasteiger partial charge in [0.25, 0.3) is 0 Å². The summed E-state index contributed by atoms with van der Waals surface area (Å²) in [5.41, 5.74) is 0. The fraction of sp³-hybridized carbons (Fsp3) is 0.909. The number of aliphatic carboxylic acids is 1. The van der Waals surface area contributed by atoms with Crippen LogP contribution in [0.4, 0.5) is 0 Å². The Kier molecular flexibility index (Phi) is 3.59. The molecule has 0 aromatic carbocycles. The molecule has 2 aliphatic rings. The normalized spacial score (nSPS) is 33.1. The molecular formula is C11H19NO3. The van der Waals surface area contributed by atoms with Crippen molar-refractivity contribution in [3.63, 3.8) is 0 Å². The van der Waals surface area contributed by atoms with Crippen molar-refractivity contribution in [2.24, 2.45) is 0 Å². The molecule has 0 radical (unpaired) electrons. The summed E-state index contributed by atoms with van der Waals surface area (Å²) < 4.78 is 5.55. The average Bonchev–Trinajstić information content (AvgIpc) is 2.71. The van der Waals surface area contributed by atoms with Gasteiger partial charge in [0.15, 0.2) is 0 Å². The third-order valence-electron chi connectivity index (χ3n) is 3.36. The van der Waals surface area contributed by atoms with E-state index in [4.69, 9.17) is 9.84 Å². The van der Waals surface area contributed by atoms with Gasteiger partial charge in [0.1, 0.15) is 6.04 Å². The quantitative estimate of drug-likeness (QED) is 0.763. The van der Waals surface area contributed by atoms with Gasteiger partial charge in [0, 0.05) is 13.2 Å². The van der Waals surface area contributed by atoms with E-state index in [0.29, 0.717) is 0 Å². The number of hydrogen-bond donors (Lipinski definition) is 1. The molecule has 0 aliphatic carbocycles. The molecule has 2 atom stereocenters. The van der Waals surface area contributed by atoms with Crippen LogP contribution in [0.15, 0.2) is 0 Å². The zero-order chi connectivity index (χ0) is 10.7. The van der Waals surface area contributed by atoms with Crippen LogP contribution in [0.1, 0.15) is 32.1 Å². The third-order valence-corrected chi connectivity index (χ3v) is 3.36. The van der Waals surface area contributed by atoms with Gasteiger partial charge in [-0.2, -0.15) is 0 Å². The van der Waals surface area contributed by atoms with Gasteiger partial charge in [-0.3, -0.25) is 9.69 Å². The van der Waals surface area contributed by atoms with E-state index in [9.17, 15) is 4.79 Å². The first-order chi connectivity index (χ1) is 7.27. The molecule has 15 heavy (non-hydrogen) atoms. The van der Waals surface area contributed by atoms with Gasteiger partial charge in [0.05, 0.1) is 6.10 Å². The molecule has 0 amide bonds. The topological polar surface area (TPSA) is 49.8 Å². The molecule has 2 saturated heterocycles. The molecule has 4 heteroatoms. The number of rotatable bonds is 3. The molecule has 0 aromatic heterocycles. The fourth-order valence-electron chi connectivity index (χ4n) is 2.54. The highest BCUT2D eigenvalue weighted by atomic mass is 16.5. The van der Waals surface area contributed by atoms with Crippen molar-refractivity contribution in [3.05, 3.63) is 0 Å². The van der Waals surface area contributed by atoms with Crippen LogP contribution in [0.3, 0.4) is 0 Å². The van der Waals surface area contributed by atoms with Crippen molar-refractivity contribution < 1.29 is 14.6 Å². The van der Waals surface area contributed by atoms with Crippen LogP contribution < -0.4 is 0 Å². The molecule has 2 fully saturated rings. The summed E-state index contributed by atoms with van der Waals surface area (Å²) in [5, 5.41) is 9.10. The Morgan fingerprint density at radius 1 is 1.33 bits per heavy atom. The van der Waals surface area contributed by atoms with E-state index in [0.717, 1.165) is 51.8 Å². The molecule has 0 spiro atoms. The average molecular weight is 213 g/mol. The first kappa shape index (κ1) is 10.9. The highest BCUT2D eigenvalue weighted by molar-refractivity contribution is 5.73. The van der Waals surface area contributed by atoms with Crippen LogP contribution in [0, 0.1) is 0 Å². The summed E-state index contributed by atoms with van der Waals surface area (Å²) in [4.78, 5) is 13.1. The van der Waals surface area contributed by atoms with E-state index < -0.39 is 5.97 Å². The van der Waals surface area contributed by atoms with E-state index in [2.05, 4.69) is 4.90 Å². The van der Waals surface area contributed by atoms with Gasteiger partial charge in [-0.1, -0.05) is 6.42 Å². The van der Waals surface area contributed by atoms with Crippen molar-refractivity contribution in [2.45, 2.75) is 44.2 Å². The van der Waals surface area contributed by atoms with Gasteiger partial charge in [-0.15, -0.1) is 0 Å². The van der Waals surface area contributed by atoms with Gasteiger partial charge in [-0.05, 0) is 32.2 Å². The minimum atomic E-state index is -0.673. The standard InChI is InChI=1S/C11H19NO3/c13-11(14)10-5-1-2-6-12(10)8-9-4-3-7-15-9/h9-10H,1-8H2,(H,13,14). The summed E-state index contributed by atoms with van der Waals surface area (Å²) in [6, 6.07) is -0.275. The predicted octanol–water partition coefficient (Wildman–Crippen LogP) is 1.10. The number of piperidine rings is 1. The molecule has 0 saturated carbocycles. The lowest BCUT2D eigenvalue weighted by molar-refractivity contribution is -0.145. The largest absolute Gasteiger partial charge is 0.480 e.